The van der Waals surface area contributed by atoms with Gasteiger partial charge >= 0.3 is 0 Å². The van der Waals surface area contributed by atoms with Gasteiger partial charge in [0.2, 0.25) is 0 Å². The van der Waals surface area contributed by atoms with Gasteiger partial charge in [0.15, 0.2) is 0 Å². The lowest BCUT2D eigenvalue weighted by molar-refractivity contribution is 0.0953. The summed E-state index contributed by atoms with van der Waals surface area (Å²) in [6.07, 6.45) is 1.97. The normalized spacial score (nSPS) is 14.0. The Morgan fingerprint density at radius 2 is 1.66 bits per heavy atom. The number of piperazine rings is 1. The van der Waals surface area contributed by atoms with Crippen LogP contribution in [0.4, 0.5) is 5.69 Å². The number of hydrogen-bond donors (Lipinski definition) is 2. The fourth-order valence-corrected chi connectivity index (χ4v) is 5.31. The van der Waals surface area contributed by atoms with Crippen LogP contribution >= 0.6 is 23.2 Å². The number of halogens is 2. The van der Waals surface area contributed by atoms with Gasteiger partial charge in [-0.25, -0.2) is 0 Å². The van der Waals surface area contributed by atoms with Crippen LogP contribution in [0.5, 0.6) is 0 Å². The van der Waals surface area contributed by atoms with Gasteiger partial charge in [-0.3, -0.25) is 4.79 Å². The van der Waals surface area contributed by atoms with Gasteiger partial charge in [0.25, 0.3) is 5.91 Å². The first-order valence-electron chi connectivity index (χ1n) is 12.3. The van der Waals surface area contributed by atoms with Crippen LogP contribution in [-0.2, 0) is 0 Å². The minimum Gasteiger partial charge on any atom is -0.368 e. The average molecular weight is 506 g/mol. The van der Waals surface area contributed by atoms with E-state index >= 15 is 0 Å². The molecule has 0 radical (unpaired) electrons. The first kappa shape index (κ1) is 23.9. The molecule has 1 aliphatic rings. The highest BCUT2D eigenvalue weighted by atomic mass is 35.5. The average Bonchev–Trinajstić information content (AvgIpc) is 2.89. The van der Waals surface area contributed by atoms with Crippen molar-refractivity contribution in [1.29, 1.82) is 0 Å². The van der Waals surface area contributed by atoms with Crippen LogP contribution in [0.3, 0.4) is 0 Å². The van der Waals surface area contributed by atoms with Gasteiger partial charge in [-0.05, 0) is 52.4 Å². The van der Waals surface area contributed by atoms with Crippen molar-refractivity contribution in [2.75, 3.05) is 37.6 Å². The van der Waals surface area contributed by atoms with Crippen molar-refractivity contribution in [3.05, 3.63) is 76.3 Å². The molecule has 1 heterocycles. The Labute approximate surface area is 216 Å². The van der Waals surface area contributed by atoms with E-state index in [4.69, 9.17) is 23.2 Å². The molecular weight excluding hydrogens is 477 g/mol. The quantitative estimate of drug-likeness (QED) is 0.221. The van der Waals surface area contributed by atoms with Crippen molar-refractivity contribution in [2.24, 2.45) is 0 Å². The summed E-state index contributed by atoms with van der Waals surface area (Å²) < 4.78 is 0. The second-order valence-corrected chi connectivity index (χ2v) is 9.80. The Hall–Kier alpha value is -2.79. The summed E-state index contributed by atoms with van der Waals surface area (Å²) in [5, 5.41) is 12.0. The molecular formula is C29H29Cl2N3O. The van der Waals surface area contributed by atoms with Crippen molar-refractivity contribution >= 4 is 56.3 Å². The number of rotatable bonds is 6. The predicted octanol–water partition coefficient (Wildman–Crippen LogP) is 6.91. The molecule has 35 heavy (non-hydrogen) atoms. The topological polar surface area (TPSA) is 44.4 Å². The number of carbonyl (C=O) groups excluding carboxylic acids is 1. The molecule has 1 fully saturated rings. The van der Waals surface area contributed by atoms with Crippen LogP contribution in [0.15, 0.2) is 60.7 Å². The Morgan fingerprint density at radius 1 is 0.943 bits per heavy atom. The third kappa shape index (κ3) is 4.71. The summed E-state index contributed by atoms with van der Waals surface area (Å²) in [6, 6.07) is 20.4. The molecule has 4 aromatic carbocycles. The molecule has 0 aliphatic carbocycles. The zero-order valence-corrected chi connectivity index (χ0v) is 21.3. The fraction of sp³-hybridized carbons (Fsp3) is 0.276. The molecule has 4 aromatic rings. The Kier molecular flexibility index (Phi) is 7.14. The number of benzene rings is 4. The van der Waals surface area contributed by atoms with Gasteiger partial charge in [0.1, 0.15) is 0 Å². The minimum atomic E-state index is -0.0542. The summed E-state index contributed by atoms with van der Waals surface area (Å²) in [5.41, 5.74) is 3.41. The fourth-order valence-electron chi connectivity index (χ4n) is 4.91. The maximum absolute atomic E-state index is 13.6. The van der Waals surface area contributed by atoms with Crippen LogP contribution in [0.2, 0.25) is 10.0 Å². The number of nitrogens with zero attached hydrogens (tertiary/aromatic N) is 1. The van der Waals surface area contributed by atoms with Crippen molar-refractivity contribution < 1.29 is 4.79 Å². The van der Waals surface area contributed by atoms with Crippen molar-refractivity contribution in [3.63, 3.8) is 0 Å². The largest absolute Gasteiger partial charge is 0.368 e. The number of anilines is 1. The van der Waals surface area contributed by atoms with Gasteiger partial charge in [0, 0.05) is 43.7 Å². The molecule has 1 aliphatic heterocycles. The highest BCUT2D eigenvalue weighted by Crippen LogP contribution is 2.43. The molecule has 0 spiro atoms. The molecule has 0 saturated carbocycles. The van der Waals surface area contributed by atoms with Crippen LogP contribution in [0.25, 0.3) is 32.7 Å². The number of unbranched alkanes of at least 4 members (excludes halogenated alkanes) is 1. The number of nitrogens with one attached hydrogen (secondary N) is 2. The predicted molar refractivity (Wildman–Crippen MR) is 149 cm³/mol. The van der Waals surface area contributed by atoms with E-state index in [0.717, 1.165) is 77.4 Å². The van der Waals surface area contributed by atoms with E-state index in [0.29, 0.717) is 22.2 Å². The monoisotopic (exact) mass is 505 g/mol. The van der Waals surface area contributed by atoms with Crippen LogP contribution in [-0.4, -0.2) is 38.6 Å². The molecule has 180 valence electrons. The summed E-state index contributed by atoms with van der Waals surface area (Å²) in [5.74, 6) is -0.0542. The van der Waals surface area contributed by atoms with Crippen LogP contribution in [0.1, 0.15) is 30.1 Å². The summed E-state index contributed by atoms with van der Waals surface area (Å²) in [7, 11) is 0. The van der Waals surface area contributed by atoms with Gasteiger partial charge in [-0.2, -0.15) is 0 Å². The van der Waals surface area contributed by atoms with Gasteiger partial charge in [-0.1, -0.05) is 72.9 Å². The Bertz CT molecular complexity index is 1400. The molecule has 6 heteroatoms. The van der Waals surface area contributed by atoms with Crippen molar-refractivity contribution in [3.8, 4) is 11.1 Å². The summed E-state index contributed by atoms with van der Waals surface area (Å²) in [4.78, 5) is 16.0. The number of fused-ring (bicyclic) bond motifs is 2. The number of amides is 1. The maximum atomic E-state index is 13.6. The smallest absolute Gasteiger partial charge is 0.253 e. The van der Waals surface area contributed by atoms with E-state index in [1.54, 1.807) is 6.07 Å². The molecule has 2 N–H and O–H groups in total. The lowest BCUT2D eigenvalue weighted by atomic mass is 9.90. The minimum absolute atomic E-state index is 0.0542. The number of hydrogen-bond acceptors (Lipinski definition) is 3. The van der Waals surface area contributed by atoms with Crippen LogP contribution in [0, 0.1) is 0 Å². The molecule has 4 nitrogen and oxygen atoms in total. The number of carbonyl (C=O) groups is 1. The third-order valence-corrected chi connectivity index (χ3v) is 7.53. The van der Waals surface area contributed by atoms with E-state index in [1.807, 2.05) is 24.3 Å². The SMILES string of the molecule is CCCCNC(=O)c1cc(-c2cccc(Cl)c2Cl)c2cc3ccccc3cc2c1N1CCNCC1. The molecule has 0 atom stereocenters. The van der Waals surface area contributed by atoms with E-state index in [-0.39, 0.29) is 5.91 Å². The molecule has 0 bridgehead atoms. The Balaban J connectivity index is 1.84. The van der Waals surface area contributed by atoms with Gasteiger partial charge in [0.05, 0.1) is 21.3 Å². The Morgan fingerprint density at radius 3 is 2.37 bits per heavy atom. The van der Waals surface area contributed by atoms with Crippen molar-refractivity contribution in [2.45, 2.75) is 19.8 Å². The van der Waals surface area contributed by atoms with E-state index < -0.39 is 0 Å². The van der Waals surface area contributed by atoms with E-state index in [1.165, 1.54) is 0 Å². The highest BCUT2D eigenvalue weighted by Gasteiger charge is 2.25. The van der Waals surface area contributed by atoms with Gasteiger partial charge in [-0.15, -0.1) is 0 Å². The molecule has 0 unspecified atom stereocenters. The molecule has 0 aromatic heterocycles. The first-order chi connectivity index (χ1) is 17.1. The van der Waals surface area contributed by atoms with E-state index in [9.17, 15) is 4.79 Å². The third-order valence-electron chi connectivity index (χ3n) is 6.71. The zero-order chi connectivity index (χ0) is 24.4. The lowest BCUT2D eigenvalue weighted by Gasteiger charge is -2.33. The lowest BCUT2D eigenvalue weighted by Crippen LogP contribution is -2.44. The summed E-state index contributed by atoms with van der Waals surface area (Å²) >= 11 is 13.1. The highest BCUT2D eigenvalue weighted by molar-refractivity contribution is 6.44. The molecule has 1 saturated heterocycles. The van der Waals surface area contributed by atoms with Gasteiger partial charge < -0.3 is 15.5 Å². The second-order valence-electron chi connectivity index (χ2n) is 9.01. The van der Waals surface area contributed by atoms with Crippen molar-refractivity contribution in [1.82, 2.24) is 10.6 Å². The summed E-state index contributed by atoms with van der Waals surface area (Å²) in [6.45, 7) is 6.22. The standard InChI is InChI=1S/C29H29Cl2N3O/c1-2-3-11-33-29(35)25-18-23(21-9-6-10-26(30)27(21)31)22-16-19-7-4-5-8-20(19)17-24(22)28(25)34-14-12-32-13-15-34/h4-10,16-18,32H,2-3,11-15H2,1H3,(H,33,35). The molecule has 1 amide bonds. The zero-order valence-electron chi connectivity index (χ0n) is 19.8. The van der Waals surface area contributed by atoms with Crippen LogP contribution < -0.4 is 15.5 Å². The first-order valence-corrected chi connectivity index (χ1v) is 13.0. The second kappa shape index (κ2) is 10.4. The maximum Gasteiger partial charge on any atom is 0.253 e. The molecule has 5 rings (SSSR count). The van der Waals surface area contributed by atoms with E-state index in [2.05, 4.69) is 52.8 Å².